The molecule has 1 aromatic rings. The zero-order valence-corrected chi connectivity index (χ0v) is 13.2. The molecule has 2 rings (SSSR count). The molecule has 0 amide bonds. The van der Waals surface area contributed by atoms with Crippen molar-refractivity contribution in [1.82, 2.24) is 0 Å². The quantitative estimate of drug-likeness (QED) is 0.786. The molecule has 3 heteroatoms. The minimum absolute atomic E-state index is 0.309. The van der Waals surface area contributed by atoms with Gasteiger partial charge < -0.3 is 5.73 Å². The number of unbranched alkanes of at least 4 members (excludes halogenated alkanes) is 1. The van der Waals surface area contributed by atoms with Gasteiger partial charge in [-0.1, -0.05) is 39.0 Å². The van der Waals surface area contributed by atoms with Crippen LogP contribution < -0.4 is 5.73 Å². The number of nitrogens with two attached hydrogens (primary N) is 1. The summed E-state index contributed by atoms with van der Waals surface area (Å²) in [5.41, 5.74) is 7.22. The summed E-state index contributed by atoms with van der Waals surface area (Å²) in [4.78, 5) is 0. The first kappa shape index (κ1) is 16.4. The molecule has 21 heavy (non-hydrogen) atoms. The molecule has 0 aliphatic heterocycles. The van der Waals surface area contributed by atoms with Gasteiger partial charge in [-0.2, -0.15) is 0 Å². The van der Waals surface area contributed by atoms with Crippen molar-refractivity contribution in [3.63, 3.8) is 0 Å². The Balaban J connectivity index is 1.99. The van der Waals surface area contributed by atoms with Gasteiger partial charge in [0.25, 0.3) is 0 Å². The number of benzene rings is 1. The lowest BCUT2D eigenvalue weighted by molar-refractivity contribution is 0.230. The van der Waals surface area contributed by atoms with E-state index >= 15 is 0 Å². The Labute approximate surface area is 126 Å². The third-order valence-corrected chi connectivity index (χ3v) is 5.00. The highest BCUT2D eigenvalue weighted by Gasteiger charge is 2.28. The van der Waals surface area contributed by atoms with Crippen LogP contribution in [-0.4, -0.2) is 0 Å². The van der Waals surface area contributed by atoms with E-state index in [4.69, 9.17) is 5.73 Å². The molecule has 1 atom stereocenters. The molecule has 1 aromatic carbocycles. The maximum Gasteiger partial charge on any atom is 0.130 e. The van der Waals surface area contributed by atoms with Crippen molar-refractivity contribution in [2.24, 2.45) is 17.6 Å². The summed E-state index contributed by atoms with van der Waals surface area (Å²) in [6.45, 7) is 3.88. The van der Waals surface area contributed by atoms with E-state index < -0.39 is 11.6 Å². The van der Waals surface area contributed by atoms with Crippen molar-refractivity contribution < 1.29 is 8.78 Å². The van der Waals surface area contributed by atoms with Crippen molar-refractivity contribution in [3.05, 3.63) is 34.9 Å². The van der Waals surface area contributed by atoms with Crippen LogP contribution in [0.4, 0.5) is 8.78 Å². The largest absolute Gasteiger partial charge is 0.324 e. The summed E-state index contributed by atoms with van der Waals surface area (Å²) < 4.78 is 27.3. The van der Waals surface area contributed by atoms with Crippen LogP contribution in [0.3, 0.4) is 0 Å². The lowest BCUT2D eigenvalue weighted by atomic mass is 9.75. The predicted octanol–water partition coefficient (Wildman–Crippen LogP) is 5.27. The Bertz CT molecular complexity index is 465. The maximum atomic E-state index is 14.0. The average molecular weight is 295 g/mol. The van der Waals surface area contributed by atoms with Crippen LogP contribution in [0, 0.1) is 30.4 Å². The second-order valence-electron chi connectivity index (χ2n) is 6.57. The van der Waals surface area contributed by atoms with E-state index in [2.05, 4.69) is 6.92 Å². The number of halogens is 2. The number of hydrogen-bond acceptors (Lipinski definition) is 1. The third kappa shape index (κ3) is 4.03. The van der Waals surface area contributed by atoms with Gasteiger partial charge in [-0.3, -0.25) is 0 Å². The highest BCUT2D eigenvalue weighted by Crippen LogP contribution is 2.38. The standard InChI is InChI=1S/C18H27F2N/c1-3-4-5-13-6-8-14(9-7-13)18(21)15-10-12(2)16(19)11-17(15)20/h10-11,13-14,18H,3-9,21H2,1-2H3. The summed E-state index contributed by atoms with van der Waals surface area (Å²) in [7, 11) is 0. The van der Waals surface area contributed by atoms with Crippen molar-refractivity contribution in [2.75, 3.05) is 0 Å². The topological polar surface area (TPSA) is 26.0 Å². The van der Waals surface area contributed by atoms with Gasteiger partial charge in [-0.05, 0) is 43.2 Å². The van der Waals surface area contributed by atoms with Crippen molar-refractivity contribution in [2.45, 2.75) is 64.8 Å². The lowest BCUT2D eigenvalue weighted by Gasteiger charge is -2.32. The van der Waals surface area contributed by atoms with Crippen molar-refractivity contribution in [3.8, 4) is 0 Å². The van der Waals surface area contributed by atoms with E-state index in [1.54, 1.807) is 13.0 Å². The molecule has 1 unspecified atom stereocenters. The summed E-state index contributed by atoms with van der Waals surface area (Å²) in [6, 6.07) is 2.24. The zero-order valence-electron chi connectivity index (χ0n) is 13.2. The van der Waals surface area contributed by atoms with Crippen LogP contribution >= 0.6 is 0 Å². The summed E-state index contributed by atoms with van der Waals surface area (Å²) in [5.74, 6) is 0.140. The van der Waals surface area contributed by atoms with Crippen molar-refractivity contribution >= 4 is 0 Å². The molecule has 0 heterocycles. The van der Waals surface area contributed by atoms with Gasteiger partial charge in [-0.15, -0.1) is 0 Å². The molecular weight excluding hydrogens is 268 g/mol. The van der Waals surface area contributed by atoms with E-state index in [0.717, 1.165) is 24.8 Å². The van der Waals surface area contributed by atoms with E-state index in [0.29, 0.717) is 17.0 Å². The van der Waals surface area contributed by atoms with Gasteiger partial charge in [0, 0.05) is 17.7 Å². The van der Waals surface area contributed by atoms with E-state index in [1.165, 1.54) is 32.1 Å². The van der Waals surface area contributed by atoms with Gasteiger partial charge in [0.2, 0.25) is 0 Å². The van der Waals surface area contributed by atoms with E-state index in [1.807, 2.05) is 0 Å². The SMILES string of the molecule is CCCCC1CCC(C(N)c2cc(C)c(F)cc2F)CC1. The van der Waals surface area contributed by atoms with Crippen molar-refractivity contribution in [1.29, 1.82) is 0 Å². The molecule has 0 spiro atoms. The van der Waals surface area contributed by atoms with Gasteiger partial charge in [0.1, 0.15) is 11.6 Å². The van der Waals surface area contributed by atoms with Crippen LogP contribution in [-0.2, 0) is 0 Å². The number of aryl methyl sites for hydroxylation is 1. The first-order valence-electron chi connectivity index (χ1n) is 8.24. The molecular formula is C18H27F2N. The molecule has 1 aliphatic rings. The summed E-state index contributed by atoms with van der Waals surface area (Å²) in [6.07, 6.45) is 8.37. The molecule has 1 nitrogen and oxygen atoms in total. The number of hydrogen-bond donors (Lipinski definition) is 1. The minimum atomic E-state index is -0.501. The first-order chi connectivity index (χ1) is 10.0. The zero-order chi connectivity index (χ0) is 15.4. The predicted molar refractivity (Wildman–Crippen MR) is 83.0 cm³/mol. The minimum Gasteiger partial charge on any atom is -0.324 e. The van der Waals surface area contributed by atoms with Crippen LogP contribution in [0.1, 0.15) is 69.0 Å². The van der Waals surface area contributed by atoms with E-state index in [-0.39, 0.29) is 6.04 Å². The maximum absolute atomic E-state index is 14.0. The molecule has 0 bridgehead atoms. The second kappa shape index (κ2) is 7.35. The highest BCUT2D eigenvalue weighted by atomic mass is 19.1. The smallest absolute Gasteiger partial charge is 0.130 e. The molecule has 2 N–H and O–H groups in total. The monoisotopic (exact) mass is 295 g/mol. The Kier molecular flexibility index (Phi) is 5.74. The molecule has 118 valence electrons. The molecule has 0 radical (unpaired) electrons. The number of rotatable bonds is 5. The normalized spacial score (nSPS) is 24.0. The van der Waals surface area contributed by atoms with Gasteiger partial charge in [0.15, 0.2) is 0 Å². The summed E-state index contributed by atoms with van der Waals surface area (Å²) >= 11 is 0. The Hall–Kier alpha value is -0.960. The van der Waals surface area contributed by atoms with Gasteiger partial charge in [0.05, 0.1) is 0 Å². The Morgan fingerprint density at radius 3 is 2.43 bits per heavy atom. The van der Waals surface area contributed by atoms with Gasteiger partial charge >= 0.3 is 0 Å². The first-order valence-corrected chi connectivity index (χ1v) is 8.24. The Morgan fingerprint density at radius 2 is 1.81 bits per heavy atom. The van der Waals surface area contributed by atoms with Crippen LogP contribution in [0.25, 0.3) is 0 Å². The fourth-order valence-corrected chi connectivity index (χ4v) is 3.52. The average Bonchev–Trinajstić information content (AvgIpc) is 2.48. The lowest BCUT2D eigenvalue weighted by Crippen LogP contribution is -2.27. The van der Waals surface area contributed by atoms with Gasteiger partial charge in [-0.25, -0.2) is 8.78 Å². The fourth-order valence-electron chi connectivity index (χ4n) is 3.52. The van der Waals surface area contributed by atoms with Crippen LogP contribution in [0.2, 0.25) is 0 Å². The fraction of sp³-hybridized carbons (Fsp3) is 0.667. The molecule has 1 fully saturated rings. The molecule has 0 aromatic heterocycles. The van der Waals surface area contributed by atoms with Crippen LogP contribution in [0.15, 0.2) is 12.1 Å². The highest BCUT2D eigenvalue weighted by molar-refractivity contribution is 5.28. The summed E-state index contributed by atoms with van der Waals surface area (Å²) in [5, 5.41) is 0. The second-order valence-corrected chi connectivity index (χ2v) is 6.57. The van der Waals surface area contributed by atoms with E-state index in [9.17, 15) is 8.78 Å². The molecule has 1 saturated carbocycles. The molecule has 0 saturated heterocycles. The molecule has 1 aliphatic carbocycles. The Morgan fingerprint density at radius 1 is 1.14 bits per heavy atom. The third-order valence-electron chi connectivity index (χ3n) is 5.00. The van der Waals surface area contributed by atoms with Crippen LogP contribution in [0.5, 0.6) is 0 Å².